The number of hydrogen-bond acceptors (Lipinski definition) is 1. The molecular weight excluding hydrogens is 408 g/mol. The molecule has 0 radical (unpaired) electrons. The highest BCUT2D eigenvalue weighted by Crippen LogP contribution is 2.20. The van der Waals surface area contributed by atoms with E-state index in [0.717, 1.165) is 21.2 Å². The first-order valence-corrected chi connectivity index (χ1v) is 8.00. The van der Waals surface area contributed by atoms with Gasteiger partial charge in [-0.1, -0.05) is 23.7 Å². The molecule has 0 aliphatic rings. The molecule has 0 saturated carbocycles. The first-order valence-electron chi connectivity index (χ1n) is 6.01. The quantitative estimate of drug-likeness (QED) is 0.549. The van der Waals surface area contributed by atoms with Crippen molar-refractivity contribution in [1.29, 1.82) is 0 Å². The van der Waals surface area contributed by atoms with Crippen LogP contribution in [0.15, 0.2) is 42.5 Å². The van der Waals surface area contributed by atoms with Crippen LogP contribution in [0.3, 0.4) is 0 Å². The van der Waals surface area contributed by atoms with Crippen LogP contribution in [-0.2, 0) is 6.42 Å². The van der Waals surface area contributed by atoms with Gasteiger partial charge in [0.2, 0.25) is 0 Å². The number of hydrogen-bond donors (Lipinski definition) is 1. The van der Waals surface area contributed by atoms with Crippen molar-refractivity contribution in [3.05, 3.63) is 62.2 Å². The van der Waals surface area contributed by atoms with Crippen molar-refractivity contribution in [1.82, 2.24) is 0 Å². The summed E-state index contributed by atoms with van der Waals surface area (Å²) in [7, 11) is 0. The number of nitrogens with one attached hydrogen (secondary N) is 1. The predicted molar refractivity (Wildman–Crippen MR) is 93.0 cm³/mol. The van der Waals surface area contributed by atoms with Crippen molar-refractivity contribution in [2.45, 2.75) is 6.42 Å². The molecular formula is C15H12Cl2INO. The van der Waals surface area contributed by atoms with Crippen molar-refractivity contribution in [3.63, 3.8) is 0 Å². The molecule has 1 amide bonds. The third-order valence-corrected chi connectivity index (χ3v) is 4.54. The highest BCUT2D eigenvalue weighted by Gasteiger charge is 2.08. The Balaban J connectivity index is 2.08. The number of alkyl halides is 1. The molecule has 0 unspecified atom stereocenters. The van der Waals surface area contributed by atoms with E-state index in [1.54, 1.807) is 12.1 Å². The van der Waals surface area contributed by atoms with E-state index in [-0.39, 0.29) is 5.91 Å². The van der Waals surface area contributed by atoms with E-state index >= 15 is 0 Å². The molecule has 0 spiro atoms. The first kappa shape index (κ1) is 15.6. The summed E-state index contributed by atoms with van der Waals surface area (Å²) in [5.74, 6) is 0.417. The van der Waals surface area contributed by atoms with Gasteiger partial charge in [-0.2, -0.15) is 0 Å². The molecule has 104 valence electrons. The van der Waals surface area contributed by atoms with Crippen LogP contribution >= 0.6 is 45.8 Å². The Kier molecular flexibility index (Phi) is 5.69. The molecule has 20 heavy (non-hydrogen) atoms. The van der Waals surface area contributed by atoms with Crippen molar-refractivity contribution in [2.24, 2.45) is 0 Å². The lowest BCUT2D eigenvalue weighted by atomic mass is 10.1. The van der Waals surface area contributed by atoms with Crippen LogP contribution in [0.1, 0.15) is 15.9 Å². The Morgan fingerprint density at radius 1 is 1.15 bits per heavy atom. The third kappa shape index (κ3) is 4.11. The number of aryl methyl sites for hydroxylation is 1. The number of amides is 1. The van der Waals surface area contributed by atoms with Gasteiger partial charge < -0.3 is 5.32 Å². The SMILES string of the molecule is O=C(Nc1ccc(CCCl)cc1)c1ccc(I)c(Cl)c1. The minimum atomic E-state index is -0.173. The molecule has 0 atom stereocenters. The van der Waals surface area contributed by atoms with Crippen LogP contribution in [0.25, 0.3) is 0 Å². The van der Waals surface area contributed by atoms with Gasteiger partial charge >= 0.3 is 0 Å². The van der Waals surface area contributed by atoms with Crippen LogP contribution in [-0.4, -0.2) is 11.8 Å². The summed E-state index contributed by atoms with van der Waals surface area (Å²) in [6, 6.07) is 12.9. The second-order valence-corrected chi connectivity index (χ2v) is 6.17. The predicted octanol–water partition coefficient (Wildman–Crippen LogP) is 4.98. The summed E-state index contributed by atoms with van der Waals surface area (Å²) >= 11 is 13.8. The smallest absolute Gasteiger partial charge is 0.255 e. The molecule has 2 rings (SSSR count). The second kappa shape index (κ2) is 7.29. The highest BCUT2D eigenvalue weighted by atomic mass is 127. The number of carbonyl (C=O) groups excluding carboxylic acids is 1. The van der Waals surface area contributed by atoms with Crippen LogP contribution in [0, 0.1) is 3.57 Å². The first-order chi connectivity index (χ1) is 9.60. The second-order valence-electron chi connectivity index (χ2n) is 4.22. The van der Waals surface area contributed by atoms with Crippen LogP contribution in [0.4, 0.5) is 5.69 Å². The zero-order chi connectivity index (χ0) is 14.5. The van der Waals surface area contributed by atoms with E-state index in [1.165, 1.54) is 0 Å². The zero-order valence-electron chi connectivity index (χ0n) is 10.5. The van der Waals surface area contributed by atoms with E-state index in [2.05, 4.69) is 27.9 Å². The van der Waals surface area contributed by atoms with Crippen LogP contribution < -0.4 is 5.32 Å². The van der Waals surface area contributed by atoms with Crippen molar-refractivity contribution >= 4 is 57.4 Å². The standard InChI is InChI=1S/C15H12Cl2INO/c16-8-7-10-1-4-12(5-2-10)19-15(20)11-3-6-14(18)13(17)9-11/h1-6,9H,7-8H2,(H,19,20). The maximum atomic E-state index is 12.1. The molecule has 2 aromatic carbocycles. The topological polar surface area (TPSA) is 29.1 Å². The lowest BCUT2D eigenvalue weighted by Gasteiger charge is -2.07. The highest BCUT2D eigenvalue weighted by molar-refractivity contribution is 14.1. The van der Waals surface area contributed by atoms with Gasteiger partial charge in [-0.05, 0) is 64.9 Å². The normalized spacial score (nSPS) is 10.3. The lowest BCUT2D eigenvalue weighted by Crippen LogP contribution is -2.11. The number of halogens is 3. The van der Waals surface area contributed by atoms with Crippen molar-refractivity contribution in [2.75, 3.05) is 11.2 Å². The summed E-state index contributed by atoms with van der Waals surface area (Å²) in [5.41, 5.74) is 2.44. The van der Waals surface area contributed by atoms with Crippen molar-refractivity contribution in [3.8, 4) is 0 Å². The summed E-state index contributed by atoms with van der Waals surface area (Å²) < 4.78 is 0.922. The van der Waals surface area contributed by atoms with Crippen LogP contribution in [0.5, 0.6) is 0 Å². The molecule has 0 heterocycles. The molecule has 1 N–H and O–H groups in total. The van der Waals surface area contributed by atoms with Gasteiger partial charge in [-0.25, -0.2) is 0 Å². The van der Waals surface area contributed by atoms with Gasteiger partial charge in [-0.3, -0.25) is 4.79 Å². The van der Waals surface area contributed by atoms with Crippen LogP contribution in [0.2, 0.25) is 5.02 Å². The molecule has 5 heteroatoms. The number of benzene rings is 2. The third-order valence-electron chi connectivity index (χ3n) is 2.78. The van der Waals surface area contributed by atoms with E-state index in [9.17, 15) is 4.79 Å². The molecule has 2 aromatic rings. The summed E-state index contributed by atoms with van der Waals surface area (Å²) in [6.45, 7) is 0. The minimum Gasteiger partial charge on any atom is -0.322 e. The average molecular weight is 420 g/mol. The average Bonchev–Trinajstić information content (AvgIpc) is 2.44. The maximum Gasteiger partial charge on any atom is 0.255 e. The summed E-state index contributed by atoms with van der Waals surface area (Å²) in [6.07, 6.45) is 0.822. The number of carbonyl (C=O) groups is 1. The van der Waals surface area contributed by atoms with E-state index in [4.69, 9.17) is 23.2 Å². The fourth-order valence-electron chi connectivity index (χ4n) is 1.70. The number of rotatable bonds is 4. The Bertz CT molecular complexity index is 614. The molecule has 0 fully saturated rings. The summed E-state index contributed by atoms with van der Waals surface area (Å²) in [5, 5.41) is 3.42. The monoisotopic (exact) mass is 419 g/mol. The Morgan fingerprint density at radius 2 is 1.85 bits per heavy atom. The largest absolute Gasteiger partial charge is 0.322 e. The van der Waals surface area contributed by atoms with Gasteiger partial charge in [0.05, 0.1) is 5.02 Å². The molecule has 0 bridgehead atoms. The molecule has 0 aliphatic carbocycles. The van der Waals surface area contributed by atoms with Crippen molar-refractivity contribution < 1.29 is 4.79 Å². The number of anilines is 1. The Labute approximate surface area is 141 Å². The Morgan fingerprint density at radius 3 is 2.45 bits per heavy atom. The lowest BCUT2D eigenvalue weighted by molar-refractivity contribution is 0.102. The fraction of sp³-hybridized carbons (Fsp3) is 0.133. The van der Waals surface area contributed by atoms with E-state index in [1.807, 2.05) is 30.3 Å². The van der Waals surface area contributed by atoms with E-state index < -0.39 is 0 Å². The van der Waals surface area contributed by atoms with E-state index in [0.29, 0.717) is 16.5 Å². The molecule has 0 saturated heterocycles. The van der Waals surface area contributed by atoms with Gasteiger partial charge in [-0.15, -0.1) is 11.6 Å². The minimum absolute atomic E-state index is 0.173. The van der Waals surface area contributed by atoms with Gasteiger partial charge in [0.1, 0.15) is 0 Å². The Hall–Kier alpha value is -0.780. The molecule has 2 nitrogen and oxygen atoms in total. The molecule has 0 aliphatic heterocycles. The van der Waals surface area contributed by atoms with Gasteiger partial charge in [0, 0.05) is 20.7 Å². The molecule has 0 aromatic heterocycles. The fourth-order valence-corrected chi connectivity index (χ4v) is 2.44. The maximum absolute atomic E-state index is 12.1. The summed E-state index contributed by atoms with van der Waals surface area (Å²) in [4.78, 5) is 12.1. The van der Waals surface area contributed by atoms with Gasteiger partial charge in [0.15, 0.2) is 0 Å². The van der Waals surface area contributed by atoms with Gasteiger partial charge in [0.25, 0.3) is 5.91 Å². The zero-order valence-corrected chi connectivity index (χ0v) is 14.2.